The van der Waals surface area contributed by atoms with Crippen LogP contribution in [-0.2, 0) is 22.2 Å². The highest BCUT2D eigenvalue weighted by Gasteiger charge is 2.12. The molecule has 0 saturated heterocycles. The highest BCUT2D eigenvalue weighted by atomic mass is 32.2. The Labute approximate surface area is 173 Å². The summed E-state index contributed by atoms with van der Waals surface area (Å²) in [7, 11) is -3.69. The molecule has 8 heteroatoms. The first-order valence-electron chi connectivity index (χ1n) is 8.57. The van der Waals surface area contributed by atoms with Gasteiger partial charge in [0, 0.05) is 22.1 Å². The van der Waals surface area contributed by atoms with E-state index in [4.69, 9.17) is 5.14 Å². The molecule has 3 aromatic rings. The lowest BCUT2D eigenvalue weighted by Crippen LogP contribution is -2.26. The number of thioether (sulfide) groups is 1. The van der Waals surface area contributed by atoms with E-state index in [2.05, 4.69) is 11.4 Å². The first-order chi connectivity index (χ1) is 13.4. The molecule has 0 aliphatic heterocycles. The smallest absolute Gasteiger partial charge is 0.252 e. The molecule has 146 valence electrons. The summed E-state index contributed by atoms with van der Waals surface area (Å²) in [6.45, 7) is 0.456. The van der Waals surface area contributed by atoms with Crippen LogP contribution < -0.4 is 10.5 Å². The molecule has 3 N–H and O–H groups in total. The van der Waals surface area contributed by atoms with Crippen molar-refractivity contribution in [3.8, 4) is 0 Å². The van der Waals surface area contributed by atoms with Gasteiger partial charge in [-0.3, -0.25) is 4.79 Å². The molecule has 0 saturated carbocycles. The molecule has 0 unspecified atom stereocenters. The van der Waals surface area contributed by atoms with Crippen LogP contribution in [0.15, 0.2) is 75.8 Å². The summed E-state index contributed by atoms with van der Waals surface area (Å²) in [5.41, 5.74) is 1.58. The van der Waals surface area contributed by atoms with E-state index in [-0.39, 0.29) is 10.8 Å². The molecule has 0 fully saturated rings. The fourth-order valence-electron chi connectivity index (χ4n) is 2.59. The highest BCUT2D eigenvalue weighted by Crippen LogP contribution is 2.27. The van der Waals surface area contributed by atoms with Crippen LogP contribution in [0, 0.1) is 0 Å². The largest absolute Gasteiger partial charge is 0.352 e. The molecule has 3 rings (SSSR count). The number of amides is 1. The van der Waals surface area contributed by atoms with Crippen molar-refractivity contribution in [2.45, 2.75) is 22.0 Å². The van der Waals surface area contributed by atoms with E-state index in [1.807, 2.05) is 35.7 Å². The number of nitrogens with one attached hydrogen (secondary N) is 1. The second-order valence-electron chi connectivity index (χ2n) is 6.06. The number of nitrogens with two attached hydrogens (primary N) is 1. The van der Waals surface area contributed by atoms with Crippen LogP contribution in [0.4, 0.5) is 0 Å². The third kappa shape index (κ3) is 5.68. The summed E-state index contributed by atoms with van der Waals surface area (Å²) in [5, 5.41) is 10.1. The molecule has 1 heterocycles. The van der Waals surface area contributed by atoms with Gasteiger partial charge >= 0.3 is 0 Å². The number of benzene rings is 2. The Kier molecular flexibility index (Phi) is 6.90. The van der Waals surface area contributed by atoms with Gasteiger partial charge in [0.05, 0.1) is 10.5 Å². The standard InChI is InChI=1S/C20H20N2O3S3/c21-28(24,25)17-9-7-15(8-10-17)11-12-22-20(23)18-5-1-2-6-19(18)27-14-16-4-3-13-26-16/h1-10,13H,11-12,14H2,(H,22,23)(H2,21,24,25). The van der Waals surface area contributed by atoms with Crippen molar-refractivity contribution < 1.29 is 13.2 Å². The lowest BCUT2D eigenvalue weighted by molar-refractivity contribution is 0.0951. The van der Waals surface area contributed by atoms with Gasteiger partial charge in [-0.1, -0.05) is 30.3 Å². The number of carbonyl (C=O) groups is 1. The Morgan fingerprint density at radius 1 is 1.04 bits per heavy atom. The van der Waals surface area contributed by atoms with Crippen LogP contribution in [0.5, 0.6) is 0 Å². The van der Waals surface area contributed by atoms with Crippen molar-refractivity contribution in [3.05, 3.63) is 82.0 Å². The number of hydrogen-bond donors (Lipinski definition) is 2. The number of thiophene rings is 1. The minimum Gasteiger partial charge on any atom is -0.352 e. The maximum atomic E-state index is 12.6. The van der Waals surface area contributed by atoms with Crippen LogP contribution in [-0.4, -0.2) is 20.9 Å². The molecule has 0 atom stereocenters. The molecule has 1 amide bonds. The molecule has 28 heavy (non-hydrogen) atoms. The minimum atomic E-state index is -3.69. The number of sulfonamides is 1. The lowest BCUT2D eigenvalue weighted by Gasteiger charge is -2.10. The molecule has 0 radical (unpaired) electrons. The van der Waals surface area contributed by atoms with Crippen molar-refractivity contribution in [2.75, 3.05) is 6.54 Å². The topological polar surface area (TPSA) is 89.3 Å². The molecular weight excluding hydrogens is 412 g/mol. The number of rotatable bonds is 8. The quantitative estimate of drug-likeness (QED) is 0.532. The highest BCUT2D eigenvalue weighted by molar-refractivity contribution is 7.98. The number of primary sulfonamides is 1. The van der Waals surface area contributed by atoms with E-state index in [1.165, 1.54) is 17.0 Å². The van der Waals surface area contributed by atoms with E-state index in [1.54, 1.807) is 35.2 Å². The van der Waals surface area contributed by atoms with Crippen LogP contribution >= 0.6 is 23.1 Å². The average Bonchev–Trinajstić information content (AvgIpc) is 3.20. The monoisotopic (exact) mass is 432 g/mol. The van der Waals surface area contributed by atoms with Crippen molar-refractivity contribution in [2.24, 2.45) is 5.14 Å². The van der Waals surface area contributed by atoms with Crippen molar-refractivity contribution in [3.63, 3.8) is 0 Å². The Morgan fingerprint density at radius 2 is 1.79 bits per heavy atom. The van der Waals surface area contributed by atoms with Gasteiger partial charge in [0.25, 0.3) is 5.91 Å². The summed E-state index contributed by atoms with van der Waals surface area (Å²) in [4.78, 5) is 14.9. The summed E-state index contributed by atoms with van der Waals surface area (Å²) in [6.07, 6.45) is 0.598. The van der Waals surface area contributed by atoms with E-state index in [0.717, 1.165) is 16.2 Å². The van der Waals surface area contributed by atoms with Crippen LogP contribution in [0.2, 0.25) is 0 Å². The van der Waals surface area contributed by atoms with Crippen molar-refractivity contribution in [1.82, 2.24) is 5.32 Å². The van der Waals surface area contributed by atoms with Gasteiger partial charge in [-0.15, -0.1) is 23.1 Å². The maximum absolute atomic E-state index is 12.6. The van der Waals surface area contributed by atoms with Crippen LogP contribution in [0.1, 0.15) is 20.8 Å². The summed E-state index contributed by atoms with van der Waals surface area (Å²) in [5.74, 6) is 0.716. The Balaban J connectivity index is 1.56. The van der Waals surface area contributed by atoms with E-state index in [0.29, 0.717) is 18.5 Å². The van der Waals surface area contributed by atoms with Crippen LogP contribution in [0.3, 0.4) is 0 Å². The van der Waals surface area contributed by atoms with Gasteiger partial charge < -0.3 is 5.32 Å². The third-order valence-electron chi connectivity index (χ3n) is 4.03. The Hall–Kier alpha value is -2.13. The van der Waals surface area contributed by atoms with E-state index >= 15 is 0 Å². The zero-order chi connectivity index (χ0) is 20.0. The van der Waals surface area contributed by atoms with Gasteiger partial charge in [0.15, 0.2) is 0 Å². The summed E-state index contributed by atoms with van der Waals surface area (Å²) < 4.78 is 22.6. The maximum Gasteiger partial charge on any atom is 0.252 e. The zero-order valence-electron chi connectivity index (χ0n) is 15.0. The molecule has 2 aromatic carbocycles. The molecule has 0 bridgehead atoms. The fraction of sp³-hybridized carbons (Fsp3) is 0.150. The number of hydrogen-bond acceptors (Lipinski definition) is 5. The Morgan fingerprint density at radius 3 is 2.46 bits per heavy atom. The number of carbonyl (C=O) groups excluding carboxylic acids is 1. The average molecular weight is 433 g/mol. The Bertz CT molecular complexity index is 1030. The predicted octanol–water partition coefficient (Wildman–Crippen LogP) is 3.66. The van der Waals surface area contributed by atoms with Gasteiger partial charge in [0.1, 0.15) is 0 Å². The molecule has 1 aromatic heterocycles. The van der Waals surface area contributed by atoms with Gasteiger partial charge in [0.2, 0.25) is 10.0 Å². The first-order valence-corrected chi connectivity index (χ1v) is 12.0. The fourth-order valence-corrected chi connectivity index (χ4v) is 4.92. The van der Waals surface area contributed by atoms with Gasteiger partial charge in [-0.05, 0) is 47.7 Å². The van der Waals surface area contributed by atoms with Crippen LogP contribution in [0.25, 0.3) is 0 Å². The first kappa shape index (κ1) is 20.6. The summed E-state index contributed by atoms with van der Waals surface area (Å²) in [6, 6.07) is 18.0. The van der Waals surface area contributed by atoms with Gasteiger partial charge in [-0.25, -0.2) is 13.6 Å². The molecular formula is C20H20N2O3S3. The predicted molar refractivity (Wildman–Crippen MR) is 114 cm³/mol. The zero-order valence-corrected chi connectivity index (χ0v) is 17.4. The minimum absolute atomic E-state index is 0.0805. The second kappa shape index (κ2) is 9.38. The molecule has 0 aliphatic carbocycles. The van der Waals surface area contributed by atoms with Gasteiger partial charge in [-0.2, -0.15) is 0 Å². The van der Waals surface area contributed by atoms with E-state index in [9.17, 15) is 13.2 Å². The molecule has 0 aliphatic rings. The molecule has 0 spiro atoms. The second-order valence-corrected chi connectivity index (χ2v) is 9.67. The molecule has 5 nitrogen and oxygen atoms in total. The normalized spacial score (nSPS) is 11.3. The SMILES string of the molecule is NS(=O)(=O)c1ccc(CCNC(=O)c2ccccc2SCc2cccs2)cc1. The van der Waals surface area contributed by atoms with Crippen molar-refractivity contribution >= 4 is 39.0 Å². The summed E-state index contributed by atoms with van der Waals surface area (Å²) >= 11 is 3.35. The van der Waals surface area contributed by atoms with Crippen molar-refractivity contribution in [1.29, 1.82) is 0 Å². The van der Waals surface area contributed by atoms with E-state index < -0.39 is 10.0 Å². The lowest BCUT2D eigenvalue weighted by atomic mass is 10.1. The third-order valence-corrected chi connectivity index (χ3v) is 7.14.